The summed E-state index contributed by atoms with van der Waals surface area (Å²) in [6.07, 6.45) is 0. The van der Waals surface area contributed by atoms with Gasteiger partial charge >= 0.3 is 0 Å². The number of nitrogens with zero attached hydrogens (tertiary/aromatic N) is 1. The lowest BCUT2D eigenvalue weighted by Crippen LogP contribution is -2.45. The minimum Gasteiger partial charge on any atom is -0.490 e. The van der Waals surface area contributed by atoms with Gasteiger partial charge in [-0.05, 0) is 49.2 Å². The van der Waals surface area contributed by atoms with Crippen LogP contribution in [0.15, 0.2) is 36.4 Å². The maximum absolute atomic E-state index is 5.88. The first-order chi connectivity index (χ1) is 13.8. The highest BCUT2D eigenvalue weighted by atomic mass is 16.7. The second kappa shape index (κ2) is 8.71. The third-order valence-corrected chi connectivity index (χ3v) is 5.11. The van der Waals surface area contributed by atoms with Crippen molar-refractivity contribution >= 4 is 0 Å². The van der Waals surface area contributed by atoms with Crippen LogP contribution < -0.4 is 24.3 Å². The average Bonchev–Trinajstić information content (AvgIpc) is 3.19. The molecule has 0 amide bonds. The zero-order valence-corrected chi connectivity index (χ0v) is 16.6. The highest BCUT2D eigenvalue weighted by Crippen LogP contribution is 2.40. The van der Waals surface area contributed by atoms with Crippen LogP contribution in [-0.4, -0.2) is 51.1 Å². The normalized spacial score (nSPS) is 17.4. The number of piperazine rings is 1. The number of nitrogens with one attached hydrogen (secondary N) is 1. The second-order valence-corrected chi connectivity index (χ2v) is 6.87. The van der Waals surface area contributed by atoms with Crippen LogP contribution in [0, 0.1) is 0 Å². The smallest absolute Gasteiger partial charge is 0.231 e. The largest absolute Gasteiger partial charge is 0.490 e. The van der Waals surface area contributed by atoms with Gasteiger partial charge in [-0.15, -0.1) is 0 Å². The summed E-state index contributed by atoms with van der Waals surface area (Å²) in [5.41, 5.74) is 2.38. The lowest BCUT2D eigenvalue weighted by atomic mass is 9.95. The molecule has 0 bridgehead atoms. The molecule has 0 spiro atoms. The fourth-order valence-corrected chi connectivity index (χ4v) is 3.88. The molecule has 1 atom stereocenters. The lowest BCUT2D eigenvalue weighted by molar-refractivity contribution is 0.173. The maximum atomic E-state index is 5.88. The van der Waals surface area contributed by atoms with Crippen molar-refractivity contribution in [2.24, 2.45) is 0 Å². The predicted octanol–water partition coefficient (Wildman–Crippen LogP) is 3.21. The summed E-state index contributed by atoms with van der Waals surface area (Å²) in [6.45, 7) is 9.41. The maximum Gasteiger partial charge on any atom is 0.231 e. The minimum absolute atomic E-state index is 0.117. The Balaban J connectivity index is 1.73. The predicted molar refractivity (Wildman–Crippen MR) is 108 cm³/mol. The zero-order valence-electron chi connectivity index (χ0n) is 16.6. The highest BCUT2D eigenvalue weighted by molar-refractivity contribution is 5.50. The topological polar surface area (TPSA) is 52.2 Å². The summed E-state index contributed by atoms with van der Waals surface area (Å²) in [5.74, 6) is 3.21. The molecule has 1 fully saturated rings. The first kappa shape index (κ1) is 18.9. The molecule has 4 rings (SSSR count). The summed E-state index contributed by atoms with van der Waals surface area (Å²) in [7, 11) is 0. The molecule has 2 aliphatic rings. The fraction of sp³-hybridized carbons (Fsp3) is 0.455. The van der Waals surface area contributed by atoms with Crippen molar-refractivity contribution in [1.82, 2.24) is 10.2 Å². The summed E-state index contributed by atoms with van der Waals surface area (Å²) in [5, 5.41) is 3.44. The zero-order chi connectivity index (χ0) is 19.3. The standard InChI is InChI=1S/C22H28N2O4/c1-3-25-18-7-5-16(13-20(18)26-4-2)22(24-11-9-23-10-12-24)17-6-8-19-21(14-17)28-15-27-19/h5-8,13-14,22-23H,3-4,9-12,15H2,1-2H3. The molecule has 0 saturated carbocycles. The number of ether oxygens (including phenoxy) is 4. The number of hydrogen-bond acceptors (Lipinski definition) is 6. The van der Waals surface area contributed by atoms with Gasteiger partial charge in [-0.1, -0.05) is 12.1 Å². The molecule has 0 aliphatic carbocycles. The van der Waals surface area contributed by atoms with Gasteiger partial charge in [0.25, 0.3) is 0 Å². The molecule has 2 aromatic carbocycles. The van der Waals surface area contributed by atoms with E-state index in [4.69, 9.17) is 18.9 Å². The van der Waals surface area contributed by atoms with Gasteiger partial charge in [0.05, 0.1) is 19.3 Å². The van der Waals surface area contributed by atoms with Crippen LogP contribution in [0.3, 0.4) is 0 Å². The van der Waals surface area contributed by atoms with Crippen LogP contribution in [0.4, 0.5) is 0 Å². The lowest BCUT2D eigenvalue weighted by Gasteiger charge is -2.36. The molecule has 2 aromatic rings. The second-order valence-electron chi connectivity index (χ2n) is 6.87. The van der Waals surface area contributed by atoms with E-state index in [0.717, 1.165) is 49.2 Å². The summed E-state index contributed by atoms with van der Waals surface area (Å²) in [6, 6.07) is 12.6. The molecule has 150 valence electrons. The van der Waals surface area contributed by atoms with Crippen molar-refractivity contribution in [3.05, 3.63) is 47.5 Å². The number of hydrogen-bond donors (Lipinski definition) is 1. The molecule has 0 aromatic heterocycles. The van der Waals surface area contributed by atoms with Crippen LogP contribution in [0.5, 0.6) is 23.0 Å². The Morgan fingerprint density at radius 2 is 1.57 bits per heavy atom. The molecular weight excluding hydrogens is 356 g/mol. The van der Waals surface area contributed by atoms with Crippen LogP contribution in [0.2, 0.25) is 0 Å². The van der Waals surface area contributed by atoms with E-state index in [1.807, 2.05) is 26.0 Å². The van der Waals surface area contributed by atoms with E-state index in [2.05, 4.69) is 34.5 Å². The monoisotopic (exact) mass is 384 g/mol. The van der Waals surface area contributed by atoms with E-state index in [1.165, 1.54) is 11.1 Å². The average molecular weight is 384 g/mol. The Morgan fingerprint density at radius 3 is 2.36 bits per heavy atom. The molecule has 1 unspecified atom stereocenters. The number of benzene rings is 2. The first-order valence-electron chi connectivity index (χ1n) is 10.0. The fourth-order valence-electron chi connectivity index (χ4n) is 3.88. The SMILES string of the molecule is CCOc1ccc(C(c2ccc3c(c2)OCO3)N2CCNCC2)cc1OCC. The molecule has 6 heteroatoms. The Labute approximate surface area is 166 Å². The van der Waals surface area contributed by atoms with Crippen molar-refractivity contribution in [1.29, 1.82) is 0 Å². The third-order valence-electron chi connectivity index (χ3n) is 5.11. The summed E-state index contributed by atoms with van der Waals surface area (Å²) in [4.78, 5) is 2.50. The Morgan fingerprint density at radius 1 is 0.893 bits per heavy atom. The molecule has 28 heavy (non-hydrogen) atoms. The Bertz CT molecular complexity index is 805. The van der Waals surface area contributed by atoms with E-state index in [1.54, 1.807) is 0 Å². The number of rotatable bonds is 7. The van der Waals surface area contributed by atoms with E-state index < -0.39 is 0 Å². The van der Waals surface area contributed by atoms with Gasteiger partial charge in [-0.2, -0.15) is 0 Å². The van der Waals surface area contributed by atoms with Crippen LogP contribution >= 0.6 is 0 Å². The highest BCUT2D eigenvalue weighted by Gasteiger charge is 2.27. The van der Waals surface area contributed by atoms with Gasteiger partial charge in [0.1, 0.15) is 0 Å². The Hall–Kier alpha value is -2.44. The van der Waals surface area contributed by atoms with E-state index >= 15 is 0 Å². The summed E-state index contributed by atoms with van der Waals surface area (Å²) >= 11 is 0. The molecular formula is C22H28N2O4. The van der Waals surface area contributed by atoms with E-state index in [9.17, 15) is 0 Å². The van der Waals surface area contributed by atoms with E-state index in [-0.39, 0.29) is 12.8 Å². The van der Waals surface area contributed by atoms with Crippen molar-refractivity contribution in [3.8, 4) is 23.0 Å². The van der Waals surface area contributed by atoms with Gasteiger partial charge in [-0.25, -0.2) is 0 Å². The molecule has 6 nitrogen and oxygen atoms in total. The van der Waals surface area contributed by atoms with Gasteiger partial charge < -0.3 is 24.3 Å². The van der Waals surface area contributed by atoms with Crippen molar-refractivity contribution in [2.45, 2.75) is 19.9 Å². The van der Waals surface area contributed by atoms with Crippen molar-refractivity contribution in [2.75, 3.05) is 46.2 Å². The van der Waals surface area contributed by atoms with Crippen LogP contribution in [-0.2, 0) is 0 Å². The Kier molecular flexibility index (Phi) is 5.88. The van der Waals surface area contributed by atoms with Gasteiger partial charge in [0.2, 0.25) is 6.79 Å². The third kappa shape index (κ3) is 3.88. The molecule has 2 heterocycles. The van der Waals surface area contributed by atoms with Gasteiger partial charge in [0, 0.05) is 26.2 Å². The van der Waals surface area contributed by atoms with Gasteiger partial charge in [0.15, 0.2) is 23.0 Å². The molecule has 2 aliphatic heterocycles. The minimum atomic E-state index is 0.117. The quantitative estimate of drug-likeness (QED) is 0.791. The van der Waals surface area contributed by atoms with Gasteiger partial charge in [-0.3, -0.25) is 4.90 Å². The van der Waals surface area contributed by atoms with Crippen molar-refractivity contribution < 1.29 is 18.9 Å². The summed E-state index contributed by atoms with van der Waals surface area (Å²) < 4.78 is 22.8. The van der Waals surface area contributed by atoms with Crippen LogP contribution in [0.25, 0.3) is 0 Å². The van der Waals surface area contributed by atoms with Crippen LogP contribution in [0.1, 0.15) is 31.0 Å². The molecule has 1 N–H and O–H groups in total. The molecule has 0 radical (unpaired) electrons. The first-order valence-corrected chi connectivity index (χ1v) is 10.0. The molecule has 1 saturated heterocycles. The van der Waals surface area contributed by atoms with E-state index in [0.29, 0.717) is 13.2 Å². The van der Waals surface area contributed by atoms with Crippen molar-refractivity contribution in [3.63, 3.8) is 0 Å². The number of fused-ring (bicyclic) bond motifs is 1.